The summed E-state index contributed by atoms with van der Waals surface area (Å²) in [6.07, 6.45) is 0.0255. The minimum atomic E-state index is -0.602. The molecule has 2 aromatic carbocycles. The Balaban J connectivity index is 1.78. The van der Waals surface area contributed by atoms with Gasteiger partial charge in [-0.25, -0.2) is 14.6 Å². The van der Waals surface area contributed by atoms with Crippen LogP contribution in [0.15, 0.2) is 48.5 Å². The Bertz CT molecular complexity index is 677. The lowest BCUT2D eigenvalue weighted by molar-refractivity contribution is -0.121. The molecular weight excluding hydrogens is 309 g/mol. The van der Waals surface area contributed by atoms with Gasteiger partial charge in [0.15, 0.2) is 0 Å². The lowest BCUT2D eigenvalue weighted by Crippen LogP contribution is -2.44. The Morgan fingerprint density at radius 2 is 1.77 bits per heavy atom. The fourth-order valence-electron chi connectivity index (χ4n) is 1.69. The van der Waals surface area contributed by atoms with E-state index < -0.39 is 11.9 Å². The molecule has 114 valence electrons. The van der Waals surface area contributed by atoms with Gasteiger partial charge < -0.3 is 5.32 Å². The number of amides is 3. The van der Waals surface area contributed by atoms with E-state index in [0.29, 0.717) is 16.3 Å². The van der Waals surface area contributed by atoms with Crippen LogP contribution in [0.2, 0.25) is 5.02 Å². The van der Waals surface area contributed by atoms with Gasteiger partial charge in [0.2, 0.25) is 5.91 Å². The van der Waals surface area contributed by atoms with Gasteiger partial charge in [-0.15, -0.1) is 0 Å². The molecule has 2 rings (SSSR count). The van der Waals surface area contributed by atoms with Crippen LogP contribution in [-0.4, -0.2) is 11.9 Å². The number of hydrazine groups is 1. The molecule has 3 amide bonds. The number of hydrogen-bond donors (Lipinski definition) is 3. The van der Waals surface area contributed by atoms with Crippen LogP contribution in [0.5, 0.6) is 0 Å². The van der Waals surface area contributed by atoms with Crippen molar-refractivity contribution in [3.8, 4) is 0 Å². The molecule has 7 heteroatoms. The van der Waals surface area contributed by atoms with E-state index in [0.717, 1.165) is 0 Å². The molecule has 0 saturated heterocycles. The van der Waals surface area contributed by atoms with Gasteiger partial charge in [-0.2, -0.15) is 0 Å². The number of carbonyl (C=O) groups excluding carboxylic acids is 2. The van der Waals surface area contributed by atoms with Crippen molar-refractivity contribution in [1.82, 2.24) is 10.9 Å². The predicted octanol–water partition coefficient (Wildman–Crippen LogP) is 2.87. The summed E-state index contributed by atoms with van der Waals surface area (Å²) < 4.78 is 12.7. The molecule has 0 unspecified atom stereocenters. The molecule has 5 nitrogen and oxygen atoms in total. The highest BCUT2D eigenvalue weighted by molar-refractivity contribution is 6.30. The van der Waals surface area contributed by atoms with E-state index in [1.807, 2.05) is 0 Å². The average molecular weight is 322 g/mol. The van der Waals surface area contributed by atoms with Crippen molar-refractivity contribution in [1.29, 1.82) is 0 Å². The Morgan fingerprint density at radius 1 is 1.05 bits per heavy atom. The first-order chi connectivity index (χ1) is 10.5. The number of halogens is 2. The van der Waals surface area contributed by atoms with E-state index >= 15 is 0 Å². The molecule has 0 atom stereocenters. The van der Waals surface area contributed by atoms with Crippen molar-refractivity contribution in [3.05, 3.63) is 64.9 Å². The molecule has 0 fully saturated rings. The summed E-state index contributed by atoms with van der Waals surface area (Å²) in [4.78, 5) is 23.2. The highest BCUT2D eigenvalue weighted by Gasteiger charge is 2.06. The summed E-state index contributed by atoms with van der Waals surface area (Å²) in [6.45, 7) is 0. The number of benzene rings is 2. The summed E-state index contributed by atoms with van der Waals surface area (Å²) in [5.41, 5.74) is 5.60. The first-order valence-corrected chi connectivity index (χ1v) is 6.76. The zero-order valence-corrected chi connectivity index (χ0v) is 12.2. The molecule has 0 aliphatic carbocycles. The minimum Gasteiger partial charge on any atom is -0.307 e. The summed E-state index contributed by atoms with van der Waals surface area (Å²) in [5, 5.41) is 3.00. The van der Waals surface area contributed by atoms with E-state index in [1.165, 1.54) is 24.3 Å². The first-order valence-electron chi connectivity index (χ1n) is 6.39. The van der Waals surface area contributed by atoms with E-state index in [2.05, 4.69) is 16.2 Å². The maximum absolute atomic E-state index is 12.7. The highest BCUT2D eigenvalue weighted by Crippen LogP contribution is 2.14. The van der Waals surface area contributed by atoms with Crippen LogP contribution >= 0.6 is 11.6 Å². The van der Waals surface area contributed by atoms with Crippen LogP contribution in [0.1, 0.15) is 5.56 Å². The summed E-state index contributed by atoms with van der Waals surface area (Å²) in [7, 11) is 0. The van der Waals surface area contributed by atoms with Crippen molar-refractivity contribution >= 4 is 29.2 Å². The zero-order valence-electron chi connectivity index (χ0n) is 11.4. The van der Waals surface area contributed by atoms with Crippen molar-refractivity contribution < 1.29 is 14.0 Å². The second-order valence-corrected chi connectivity index (χ2v) is 4.88. The van der Waals surface area contributed by atoms with Crippen molar-refractivity contribution in [3.63, 3.8) is 0 Å². The normalized spacial score (nSPS) is 9.91. The van der Waals surface area contributed by atoms with Gasteiger partial charge in [0.25, 0.3) is 0 Å². The monoisotopic (exact) mass is 321 g/mol. The van der Waals surface area contributed by atoms with Gasteiger partial charge in [-0.3, -0.25) is 10.2 Å². The lowest BCUT2D eigenvalue weighted by atomic mass is 10.1. The molecule has 2 aromatic rings. The van der Waals surface area contributed by atoms with E-state index in [1.54, 1.807) is 24.3 Å². The Morgan fingerprint density at radius 3 is 2.45 bits per heavy atom. The molecule has 0 aromatic heterocycles. The minimum absolute atomic E-state index is 0.0255. The largest absolute Gasteiger partial charge is 0.337 e. The molecule has 22 heavy (non-hydrogen) atoms. The molecule has 0 heterocycles. The Labute approximate surface area is 131 Å². The van der Waals surface area contributed by atoms with Crippen molar-refractivity contribution in [2.45, 2.75) is 6.42 Å². The molecule has 0 spiro atoms. The third-order valence-corrected chi connectivity index (χ3v) is 2.91. The van der Waals surface area contributed by atoms with Gasteiger partial charge >= 0.3 is 6.03 Å². The van der Waals surface area contributed by atoms with Crippen LogP contribution in [0, 0.1) is 5.82 Å². The topological polar surface area (TPSA) is 70.2 Å². The van der Waals surface area contributed by atoms with Crippen LogP contribution in [0.3, 0.4) is 0 Å². The van der Waals surface area contributed by atoms with Crippen LogP contribution < -0.4 is 16.2 Å². The van der Waals surface area contributed by atoms with E-state index in [4.69, 9.17) is 11.6 Å². The Kier molecular flexibility index (Phi) is 5.32. The van der Waals surface area contributed by atoms with Gasteiger partial charge in [-0.1, -0.05) is 29.8 Å². The van der Waals surface area contributed by atoms with Crippen LogP contribution in [0.4, 0.5) is 14.9 Å². The van der Waals surface area contributed by atoms with E-state index in [-0.39, 0.29) is 12.2 Å². The maximum Gasteiger partial charge on any atom is 0.337 e. The SMILES string of the molecule is O=C(Cc1ccc(F)cc1)NNC(=O)Nc1cccc(Cl)c1. The Hall–Kier alpha value is -2.60. The molecule has 0 radical (unpaired) electrons. The maximum atomic E-state index is 12.7. The highest BCUT2D eigenvalue weighted by atomic mass is 35.5. The lowest BCUT2D eigenvalue weighted by Gasteiger charge is -2.09. The van der Waals surface area contributed by atoms with E-state index in [9.17, 15) is 14.0 Å². The summed E-state index contributed by atoms with van der Waals surface area (Å²) in [5.74, 6) is -0.795. The fourth-order valence-corrected chi connectivity index (χ4v) is 1.88. The zero-order chi connectivity index (χ0) is 15.9. The van der Waals surface area contributed by atoms with Gasteiger partial charge in [-0.05, 0) is 35.9 Å². The number of anilines is 1. The third kappa shape index (κ3) is 5.06. The quantitative estimate of drug-likeness (QED) is 0.761. The van der Waals surface area contributed by atoms with Crippen LogP contribution in [-0.2, 0) is 11.2 Å². The van der Waals surface area contributed by atoms with Gasteiger partial charge in [0.1, 0.15) is 5.82 Å². The first kappa shape index (κ1) is 15.8. The number of nitrogens with one attached hydrogen (secondary N) is 3. The number of hydrogen-bond acceptors (Lipinski definition) is 2. The molecular formula is C15H13ClFN3O2. The van der Waals surface area contributed by atoms with Crippen molar-refractivity contribution in [2.75, 3.05) is 5.32 Å². The second kappa shape index (κ2) is 7.42. The van der Waals surface area contributed by atoms with Crippen LogP contribution in [0.25, 0.3) is 0 Å². The van der Waals surface area contributed by atoms with Gasteiger partial charge in [0, 0.05) is 10.7 Å². The average Bonchev–Trinajstić information content (AvgIpc) is 2.48. The number of rotatable bonds is 3. The molecule has 0 aliphatic heterocycles. The predicted molar refractivity (Wildman–Crippen MR) is 81.9 cm³/mol. The fraction of sp³-hybridized carbons (Fsp3) is 0.0667. The number of urea groups is 1. The molecule has 0 saturated carbocycles. The third-order valence-electron chi connectivity index (χ3n) is 2.68. The standard InChI is InChI=1S/C15H13ClFN3O2/c16-11-2-1-3-13(9-11)18-15(22)20-19-14(21)8-10-4-6-12(17)7-5-10/h1-7,9H,8H2,(H,19,21)(H2,18,20,22). The van der Waals surface area contributed by atoms with Gasteiger partial charge in [0.05, 0.1) is 6.42 Å². The summed E-state index contributed by atoms with van der Waals surface area (Å²) >= 11 is 5.79. The number of carbonyl (C=O) groups is 2. The van der Waals surface area contributed by atoms with Crippen molar-refractivity contribution in [2.24, 2.45) is 0 Å². The molecule has 3 N–H and O–H groups in total. The second-order valence-electron chi connectivity index (χ2n) is 4.44. The molecule has 0 bridgehead atoms. The summed E-state index contributed by atoms with van der Waals surface area (Å²) in [6, 6.07) is 11.5. The molecule has 0 aliphatic rings. The smallest absolute Gasteiger partial charge is 0.307 e.